The number of anilines is 1. The Kier molecular flexibility index (Phi) is 10.6. The molecule has 0 saturated carbocycles. The number of imide groups is 1. The van der Waals surface area contributed by atoms with Crippen LogP contribution in [0, 0.1) is 0 Å². The van der Waals surface area contributed by atoms with Gasteiger partial charge in [-0.15, -0.1) is 12.4 Å². The number of nitrogens with one attached hydrogen (secondary N) is 2. The van der Waals surface area contributed by atoms with Crippen molar-refractivity contribution < 1.29 is 9.59 Å². The molecule has 4 N–H and O–H groups in total. The third-order valence-electron chi connectivity index (χ3n) is 6.23. The Morgan fingerprint density at radius 3 is 2.30 bits per heavy atom. The Bertz CT molecular complexity index is 660. The van der Waals surface area contributed by atoms with Crippen LogP contribution in [0.5, 0.6) is 0 Å². The Labute approximate surface area is 186 Å². The summed E-state index contributed by atoms with van der Waals surface area (Å²) < 4.78 is 0. The lowest BCUT2D eigenvalue weighted by Crippen LogP contribution is -2.47. The lowest BCUT2D eigenvalue weighted by Gasteiger charge is -2.32. The van der Waals surface area contributed by atoms with Crippen LogP contribution < -0.4 is 16.4 Å². The largest absolute Gasteiger partial charge is 0.374 e. The first kappa shape index (κ1) is 24.6. The normalized spacial score (nSPS) is 20.5. The van der Waals surface area contributed by atoms with E-state index in [1.54, 1.807) is 0 Å². The van der Waals surface area contributed by atoms with Gasteiger partial charge in [-0.2, -0.15) is 0 Å². The number of hydrogen-bond acceptors (Lipinski definition) is 5. The van der Waals surface area contributed by atoms with Gasteiger partial charge in [0.15, 0.2) is 0 Å². The number of unbranched alkanes of at least 4 members (excludes halogenated alkanes) is 4. The number of carbonyl (C=O) groups excluding carboxylic acids is 2. The Hall–Kier alpha value is -1.63. The van der Waals surface area contributed by atoms with E-state index in [1.807, 2.05) is 0 Å². The number of amides is 2. The number of carbonyl (C=O) groups is 2. The maximum absolute atomic E-state index is 11.9. The van der Waals surface area contributed by atoms with Crippen LogP contribution in [-0.2, 0) is 9.59 Å². The average molecular weight is 437 g/mol. The highest BCUT2D eigenvalue weighted by molar-refractivity contribution is 6.01. The molecule has 3 rings (SSSR count). The molecule has 2 aliphatic rings. The van der Waals surface area contributed by atoms with E-state index < -0.39 is 0 Å². The summed E-state index contributed by atoms with van der Waals surface area (Å²) in [5.74, 6) is 0.221. The minimum atomic E-state index is -0.322. The van der Waals surface area contributed by atoms with Crippen LogP contribution in [0.15, 0.2) is 24.3 Å². The minimum Gasteiger partial charge on any atom is -0.374 e. The maximum Gasteiger partial charge on any atom is 0.249 e. The molecule has 1 aromatic rings. The van der Waals surface area contributed by atoms with Crippen LogP contribution in [-0.4, -0.2) is 48.9 Å². The van der Waals surface area contributed by atoms with E-state index in [9.17, 15) is 9.59 Å². The van der Waals surface area contributed by atoms with Gasteiger partial charge in [-0.3, -0.25) is 14.9 Å². The van der Waals surface area contributed by atoms with Crippen LogP contribution in [0.4, 0.5) is 5.69 Å². The summed E-state index contributed by atoms with van der Waals surface area (Å²) in [6, 6.07) is 8.18. The van der Waals surface area contributed by atoms with Crippen molar-refractivity contribution >= 4 is 29.9 Å². The van der Waals surface area contributed by atoms with Crippen LogP contribution in [0.1, 0.15) is 69.3 Å². The van der Waals surface area contributed by atoms with Crippen molar-refractivity contribution in [3.8, 4) is 0 Å². The molecule has 0 aromatic heterocycles. The fourth-order valence-electron chi connectivity index (χ4n) is 4.38. The molecule has 6 nitrogen and oxygen atoms in total. The quantitative estimate of drug-likeness (QED) is 0.386. The molecule has 0 spiro atoms. The molecule has 2 amide bonds. The molecule has 1 unspecified atom stereocenters. The molecular formula is C23H37ClN4O2. The molecule has 2 saturated heterocycles. The van der Waals surface area contributed by atoms with Crippen molar-refractivity contribution in [2.75, 3.05) is 31.5 Å². The fourth-order valence-corrected chi connectivity index (χ4v) is 4.38. The molecule has 0 aliphatic carbocycles. The van der Waals surface area contributed by atoms with Crippen LogP contribution >= 0.6 is 12.4 Å². The smallest absolute Gasteiger partial charge is 0.249 e. The summed E-state index contributed by atoms with van der Waals surface area (Å²) in [7, 11) is 0. The molecule has 2 heterocycles. The predicted molar refractivity (Wildman–Crippen MR) is 124 cm³/mol. The molecule has 30 heavy (non-hydrogen) atoms. The van der Waals surface area contributed by atoms with E-state index >= 15 is 0 Å². The summed E-state index contributed by atoms with van der Waals surface area (Å²) in [5, 5.41) is 5.64. The predicted octanol–water partition coefficient (Wildman–Crippen LogP) is 3.41. The molecule has 168 valence electrons. The first-order valence-corrected chi connectivity index (χ1v) is 11.3. The second-order valence-corrected chi connectivity index (χ2v) is 8.44. The van der Waals surface area contributed by atoms with Gasteiger partial charge in [-0.1, -0.05) is 31.4 Å². The van der Waals surface area contributed by atoms with Gasteiger partial charge in [0, 0.05) is 12.1 Å². The zero-order chi connectivity index (χ0) is 20.5. The topological polar surface area (TPSA) is 87.5 Å². The lowest BCUT2D eigenvalue weighted by atomic mass is 9.89. The summed E-state index contributed by atoms with van der Waals surface area (Å²) in [6.45, 7) is 4.42. The van der Waals surface area contributed by atoms with Crippen LogP contribution in [0.3, 0.4) is 0 Å². The molecule has 1 atom stereocenters. The highest BCUT2D eigenvalue weighted by Crippen LogP contribution is 2.29. The summed E-state index contributed by atoms with van der Waals surface area (Å²) in [6.07, 6.45) is 9.75. The van der Waals surface area contributed by atoms with E-state index in [2.05, 4.69) is 39.8 Å². The first-order valence-electron chi connectivity index (χ1n) is 11.3. The number of nitrogens with zero attached hydrogens (tertiary/aromatic N) is 1. The number of likely N-dealkylation sites (tertiary alicyclic amines) is 1. The summed E-state index contributed by atoms with van der Waals surface area (Å²) in [5.41, 5.74) is 7.87. The fraction of sp³-hybridized carbons (Fsp3) is 0.652. The van der Waals surface area contributed by atoms with Gasteiger partial charge < -0.3 is 16.0 Å². The number of rotatable bonds is 10. The SMILES string of the molecule is Cl.NCCCCCCCN1CCC(c2ccc(NC3CCC(=O)NC3=O)cc2)CC1. The second kappa shape index (κ2) is 12.9. The molecule has 0 radical (unpaired) electrons. The molecule has 7 heteroatoms. The minimum absolute atomic E-state index is 0. The molecule has 1 aromatic carbocycles. The van der Waals surface area contributed by atoms with Crippen molar-refractivity contribution in [2.24, 2.45) is 5.73 Å². The van der Waals surface area contributed by atoms with E-state index in [0.29, 0.717) is 18.8 Å². The molecule has 0 bridgehead atoms. The number of benzene rings is 1. The number of piperidine rings is 2. The standard InChI is InChI=1S/C23H36N4O2.ClH/c24-14-4-2-1-3-5-15-27-16-12-19(13-17-27)18-6-8-20(9-7-18)25-21-10-11-22(28)26-23(21)29;/h6-9,19,21,25H,1-5,10-17,24H2,(H,26,28,29);1H. The van der Waals surface area contributed by atoms with Crippen LogP contribution in [0.2, 0.25) is 0 Å². The third-order valence-corrected chi connectivity index (χ3v) is 6.23. The van der Waals surface area contributed by atoms with Gasteiger partial charge in [-0.25, -0.2) is 0 Å². The average Bonchev–Trinajstić information content (AvgIpc) is 2.74. The lowest BCUT2D eigenvalue weighted by molar-refractivity contribution is -0.133. The van der Waals surface area contributed by atoms with E-state index in [1.165, 1.54) is 63.7 Å². The van der Waals surface area contributed by atoms with Gasteiger partial charge in [0.25, 0.3) is 0 Å². The molecule has 2 fully saturated rings. The molecule has 2 aliphatic heterocycles. The highest BCUT2D eigenvalue weighted by Gasteiger charge is 2.26. The van der Waals surface area contributed by atoms with E-state index in [4.69, 9.17) is 5.73 Å². The Balaban J connectivity index is 0.00000320. The monoisotopic (exact) mass is 436 g/mol. The van der Waals surface area contributed by atoms with Crippen molar-refractivity contribution in [3.63, 3.8) is 0 Å². The van der Waals surface area contributed by atoms with E-state index in [-0.39, 0.29) is 30.3 Å². The van der Waals surface area contributed by atoms with Crippen molar-refractivity contribution in [1.29, 1.82) is 0 Å². The molecular weight excluding hydrogens is 400 g/mol. The van der Waals surface area contributed by atoms with Crippen LogP contribution in [0.25, 0.3) is 0 Å². The maximum atomic E-state index is 11.9. The summed E-state index contributed by atoms with van der Waals surface area (Å²) in [4.78, 5) is 25.8. The number of halogens is 1. The Morgan fingerprint density at radius 1 is 0.967 bits per heavy atom. The van der Waals surface area contributed by atoms with Gasteiger partial charge in [0.2, 0.25) is 11.8 Å². The zero-order valence-corrected chi connectivity index (χ0v) is 18.7. The second-order valence-electron chi connectivity index (χ2n) is 8.44. The van der Waals surface area contributed by atoms with Gasteiger partial charge in [0.05, 0.1) is 0 Å². The van der Waals surface area contributed by atoms with Gasteiger partial charge >= 0.3 is 0 Å². The number of hydrogen-bond donors (Lipinski definition) is 3. The van der Waals surface area contributed by atoms with Gasteiger partial charge in [0.1, 0.15) is 6.04 Å². The van der Waals surface area contributed by atoms with E-state index in [0.717, 1.165) is 18.7 Å². The van der Waals surface area contributed by atoms with Crippen molar-refractivity contribution in [2.45, 2.75) is 69.7 Å². The third kappa shape index (κ3) is 7.56. The first-order chi connectivity index (χ1) is 14.2. The van der Waals surface area contributed by atoms with Crippen molar-refractivity contribution in [3.05, 3.63) is 29.8 Å². The van der Waals surface area contributed by atoms with Gasteiger partial charge in [-0.05, 0) is 81.9 Å². The Morgan fingerprint density at radius 2 is 1.63 bits per heavy atom. The number of nitrogens with two attached hydrogens (primary N) is 1. The van der Waals surface area contributed by atoms with Crippen molar-refractivity contribution in [1.82, 2.24) is 10.2 Å². The highest BCUT2D eigenvalue weighted by atomic mass is 35.5. The summed E-state index contributed by atoms with van der Waals surface area (Å²) >= 11 is 0. The zero-order valence-electron chi connectivity index (χ0n) is 17.9.